The van der Waals surface area contributed by atoms with Gasteiger partial charge in [-0.3, -0.25) is 5.32 Å². The van der Waals surface area contributed by atoms with Crippen LogP contribution in [0.4, 0.5) is 0 Å². The minimum absolute atomic E-state index is 0.475. The average molecular weight is 189 g/mol. The van der Waals surface area contributed by atoms with Crippen LogP contribution in [-0.2, 0) is 0 Å². The van der Waals surface area contributed by atoms with Gasteiger partial charge in [-0.05, 0) is 31.3 Å². The van der Waals surface area contributed by atoms with E-state index in [9.17, 15) is 0 Å². The largest absolute Gasteiger partial charge is 0.300 e. The summed E-state index contributed by atoms with van der Waals surface area (Å²) >= 11 is 4.24. The molecule has 1 nitrogen and oxygen atoms in total. The Kier molecular flexibility index (Phi) is 2.40. The quantitative estimate of drug-likeness (QED) is 0.625. The molecule has 2 atom stereocenters. The number of nitrogens with one attached hydrogen (secondary N) is 1. The lowest BCUT2D eigenvalue weighted by Crippen LogP contribution is -2.50. The van der Waals surface area contributed by atoms with E-state index in [0.29, 0.717) is 4.87 Å². The number of rotatable bonds is 0. The van der Waals surface area contributed by atoms with Crippen molar-refractivity contribution in [3.8, 4) is 0 Å². The maximum atomic E-state index is 3.73. The highest BCUT2D eigenvalue weighted by atomic mass is 32.2. The van der Waals surface area contributed by atoms with Crippen LogP contribution in [0.25, 0.3) is 0 Å². The van der Waals surface area contributed by atoms with Crippen molar-refractivity contribution >= 4 is 23.5 Å². The highest BCUT2D eigenvalue weighted by molar-refractivity contribution is 8.04. The third-order valence-corrected chi connectivity index (χ3v) is 5.26. The van der Waals surface area contributed by atoms with Crippen molar-refractivity contribution in [1.29, 1.82) is 0 Å². The van der Waals surface area contributed by atoms with E-state index in [1.54, 1.807) is 0 Å². The van der Waals surface area contributed by atoms with Gasteiger partial charge >= 0.3 is 0 Å². The fourth-order valence-electron chi connectivity index (χ4n) is 1.77. The highest BCUT2D eigenvalue weighted by Gasteiger charge is 2.37. The molecule has 11 heavy (non-hydrogen) atoms. The molecular weight excluding hydrogens is 174 g/mol. The summed E-state index contributed by atoms with van der Waals surface area (Å²) in [4.78, 5) is 0.475. The SMILES string of the molecule is CC1CCSC2(CCSC2)N1. The van der Waals surface area contributed by atoms with E-state index in [1.807, 2.05) is 0 Å². The van der Waals surface area contributed by atoms with Gasteiger partial charge in [0.25, 0.3) is 0 Å². The van der Waals surface area contributed by atoms with Gasteiger partial charge in [-0.1, -0.05) is 0 Å². The zero-order valence-corrected chi connectivity index (χ0v) is 8.56. The lowest BCUT2D eigenvalue weighted by Gasteiger charge is -2.37. The van der Waals surface area contributed by atoms with Gasteiger partial charge in [-0.2, -0.15) is 11.8 Å². The monoisotopic (exact) mass is 189 g/mol. The first-order chi connectivity index (χ1) is 5.31. The summed E-state index contributed by atoms with van der Waals surface area (Å²) in [5, 5.41) is 3.73. The predicted molar refractivity (Wildman–Crippen MR) is 54.3 cm³/mol. The smallest absolute Gasteiger partial charge is 0.0746 e. The maximum Gasteiger partial charge on any atom is 0.0746 e. The average Bonchev–Trinajstić information content (AvgIpc) is 2.37. The molecule has 64 valence electrons. The fourth-order valence-corrected chi connectivity index (χ4v) is 5.07. The topological polar surface area (TPSA) is 12.0 Å². The molecule has 0 aromatic rings. The molecule has 2 fully saturated rings. The van der Waals surface area contributed by atoms with Crippen LogP contribution < -0.4 is 5.32 Å². The molecule has 2 saturated heterocycles. The standard InChI is InChI=1S/C8H15NS2/c1-7-2-4-11-8(9-7)3-5-10-6-8/h7,9H,2-6H2,1H3. The number of thioether (sulfide) groups is 2. The van der Waals surface area contributed by atoms with Crippen molar-refractivity contribution in [3.05, 3.63) is 0 Å². The second-order valence-electron chi connectivity index (χ2n) is 3.48. The van der Waals surface area contributed by atoms with Gasteiger partial charge < -0.3 is 0 Å². The first kappa shape index (κ1) is 8.27. The Labute approximate surface area is 77.1 Å². The van der Waals surface area contributed by atoms with E-state index in [0.717, 1.165) is 6.04 Å². The molecule has 2 unspecified atom stereocenters. The second-order valence-corrected chi connectivity index (χ2v) is 6.06. The molecule has 0 saturated carbocycles. The summed E-state index contributed by atoms with van der Waals surface area (Å²) in [5.41, 5.74) is 0. The van der Waals surface area contributed by atoms with Gasteiger partial charge in [0.15, 0.2) is 0 Å². The third kappa shape index (κ3) is 1.70. The van der Waals surface area contributed by atoms with Crippen LogP contribution in [0, 0.1) is 0 Å². The van der Waals surface area contributed by atoms with Crippen molar-refractivity contribution < 1.29 is 0 Å². The van der Waals surface area contributed by atoms with Gasteiger partial charge in [-0.15, -0.1) is 11.8 Å². The molecule has 0 aliphatic carbocycles. The minimum Gasteiger partial charge on any atom is -0.300 e. The summed E-state index contributed by atoms with van der Waals surface area (Å²) in [6.07, 6.45) is 2.71. The van der Waals surface area contributed by atoms with Gasteiger partial charge in [0, 0.05) is 11.8 Å². The van der Waals surface area contributed by atoms with Gasteiger partial charge in [0.05, 0.1) is 4.87 Å². The van der Waals surface area contributed by atoms with Crippen LogP contribution in [0.1, 0.15) is 19.8 Å². The molecule has 0 bridgehead atoms. The summed E-state index contributed by atoms with van der Waals surface area (Å²) in [7, 11) is 0. The summed E-state index contributed by atoms with van der Waals surface area (Å²) < 4.78 is 0. The summed E-state index contributed by atoms with van der Waals surface area (Å²) in [6, 6.07) is 0.745. The minimum atomic E-state index is 0.475. The molecular formula is C8H15NS2. The van der Waals surface area contributed by atoms with E-state index in [1.165, 1.54) is 30.1 Å². The Morgan fingerprint density at radius 1 is 1.45 bits per heavy atom. The van der Waals surface area contributed by atoms with E-state index >= 15 is 0 Å². The maximum absolute atomic E-state index is 3.73. The van der Waals surface area contributed by atoms with Crippen molar-refractivity contribution in [1.82, 2.24) is 5.32 Å². The van der Waals surface area contributed by atoms with Crippen LogP contribution in [0.5, 0.6) is 0 Å². The molecule has 2 heterocycles. The van der Waals surface area contributed by atoms with Gasteiger partial charge in [0.1, 0.15) is 0 Å². The first-order valence-electron chi connectivity index (χ1n) is 4.30. The molecule has 0 aromatic carbocycles. The number of hydrogen-bond acceptors (Lipinski definition) is 3. The Morgan fingerprint density at radius 3 is 3.00 bits per heavy atom. The predicted octanol–water partition coefficient (Wildman–Crippen LogP) is 1.93. The summed E-state index contributed by atoms with van der Waals surface area (Å²) in [5.74, 6) is 4.03. The number of hydrogen-bond donors (Lipinski definition) is 1. The third-order valence-electron chi connectivity index (χ3n) is 2.42. The molecule has 2 aliphatic rings. The van der Waals surface area contributed by atoms with Gasteiger partial charge in [-0.25, -0.2) is 0 Å². The first-order valence-corrected chi connectivity index (χ1v) is 6.44. The molecule has 0 radical (unpaired) electrons. The Bertz CT molecular complexity index is 143. The second kappa shape index (κ2) is 3.19. The Morgan fingerprint density at radius 2 is 2.36 bits per heavy atom. The zero-order chi connectivity index (χ0) is 7.73. The molecule has 2 aliphatic heterocycles. The van der Waals surface area contributed by atoms with Gasteiger partial charge in [0.2, 0.25) is 0 Å². The van der Waals surface area contributed by atoms with Crippen LogP contribution >= 0.6 is 23.5 Å². The zero-order valence-electron chi connectivity index (χ0n) is 6.93. The van der Waals surface area contributed by atoms with Crippen LogP contribution in [-0.4, -0.2) is 28.2 Å². The van der Waals surface area contributed by atoms with E-state index in [-0.39, 0.29) is 0 Å². The normalized spacial score (nSPS) is 45.0. The Balaban J connectivity index is 2.00. The Hall–Kier alpha value is 0.660. The molecule has 0 aromatic heterocycles. The lowest BCUT2D eigenvalue weighted by atomic mass is 10.2. The van der Waals surface area contributed by atoms with E-state index < -0.39 is 0 Å². The molecule has 2 rings (SSSR count). The van der Waals surface area contributed by atoms with Crippen molar-refractivity contribution in [2.75, 3.05) is 17.3 Å². The molecule has 3 heteroatoms. The van der Waals surface area contributed by atoms with Crippen LogP contribution in [0.15, 0.2) is 0 Å². The summed E-state index contributed by atoms with van der Waals surface area (Å²) in [6.45, 7) is 2.31. The molecule has 1 spiro atoms. The molecule has 1 N–H and O–H groups in total. The van der Waals surface area contributed by atoms with Crippen molar-refractivity contribution in [2.45, 2.75) is 30.7 Å². The van der Waals surface area contributed by atoms with E-state index in [2.05, 4.69) is 35.8 Å². The molecule has 0 amide bonds. The highest BCUT2D eigenvalue weighted by Crippen LogP contribution is 2.40. The fraction of sp³-hybridized carbons (Fsp3) is 1.00. The van der Waals surface area contributed by atoms with Crippen molar-refractivity contribution in [2.24, 2.45) is 0 Å². The van der Waals surface area contributed by atoms with E-state index in [4.69, 9.17) is 0 Å². The van der Waals surface area contributed by atoms with Crippen LogP contribution in [0.2, 0.25) is 0 Å². The van der Waals surface area contributed by atoms with Crippen LogP contribution in [0.3, 0.4) is 0 Å². The lowest BCUT2D eigenvalue weighted by molar-refractivity contribution is 0.416. The van der Waals surface area contributed by atoms with Crippen molar-refractivity contribution in [3.63, 3.8) is 0 Å².